The lowest BCUT2D eigenvalue weighted by atomic mass is 10.1. The molecule has 2 N–H and O–H groups in total. The van der Waals surface area contributed by atoms with Crippen LogP contribution >= 0.6 is 11.3 Å². The maximum atomic E-state index is 11.3. The van der Waals surface area contributed by atoms with Gasteiger partial charge in [-0.1, -0.05) is 18.2 Å². The van der Waals surface area contributed by atoms with E-state index in [2.05, 4.69) is 5.32 Å². The molecule has 1 heterocycles. The zero-order valence-electron chi connectivity index (χ0n) is 12.4. The Morgan fingerprint density at radius 3 is 2.91 bits per heavy atom. The fraction of sp³-hybridized carbons (Fsp3) is 0.235. The van der Waals surface area contributed by atoms with Gasteiger partial charge in [-0.3, -0.25) is 0 Å². The van der Waals surface area contributed by atoms with Crippen molar-refractivity contribution in [3.05, 3.63) is 57.8 Å². The van der Waals surface area contributed by atoms with Crippen LogP contribution in [0.2, 0.25) is 0 Å². The molecular formula is C17H19NO3S. The number of hydrogen-bond acceptors (Lipinski definition) is 4. The molecule has 22 heavy (non-hydrogen) atoms. The molecule has 5 heteroatoms. The molecule has 0 saturated carbocycles. The molecule has 1 aromatic carbocycles. The lowest BCUT2D eigenvalue weighted by Crippen LogP contribution is -2.23. The molecule has 0 unspecified atom stereocenters. The maximum absolute atomic E-state index is 11.3. The normalized spacial score (nSPS) is 11.4. The zero-order valence-corrected chi connectivity index (χ0v) is 13.2. The van der Waals surface area contributed by atoms with Crippen LogP contribution in [0, 0.1) is 0 Å². The number of ether oxygens (including phenoxy) is 1. The Balaban J connectivity index is 1.84. The summed E-state index contributed by atoms with van der Waals surface area (Å²) in [6.07, 6.45) is 2.54. The van der Waals surface area contributed by atoms with Crippen molar-refractivity contribution < 1.29 is 14.6 Å². The van der Waals surface area contributed by atoms with Gasteiger partial charge in [-0.05, 0) is 48.2 Å². The predicted molar refractivity (Wildman–Crippen MR) is 89.5 cm³/mol. The Bertz CT molecular complexity index is 635. The fourth-order valence-corrected chi connectivity index (χ4v) is 2.70. The van der Waals surface area contributed by atoms with Crippen molar-refractivity contribution >= 4 is 23.4 Å². The zero-order chi connectivity index (χ0) is 15.8. The van der Waals surface area contributed by atoms with Gasteiger partial charge in [-0.2, -0.15) is 0 Å². The molecule has 0 spiro atoms. The Hall–Kier alpha value is -2.11. The lowest BCUT2D eigenvalue weighted by Gasteiger charge is -2.07. The van der Waals surface area contributed by atoms with Gasteiger partial charge < -0.3 is 15.2 Å². The first-order valence-electron chi connectivity index (χ1n) is 7.00. The number of carboxylic acid groups (broad SMARTS) is 1. The summed E-state index contributed by atoms with van der Waals surface area (Å²) in [6.45, 7) is 1.05. The van der Waals surface area contributed by atoms with Crippen molar-refractivity contribution in [3.8, 4) is 5.75 Å². The van der Waals surface area contributed by atoms with Gasteiger partial charge in [-0.25, -0.2) is 4.79 Å². The summed E-state index contributed by atoms with van der Waals surface area (Å²) in [6, 6.07) is 11.7. The molecule has 0 atom stereocenters. The van der Waals surface area contributed by atoms with Crippen LogP contribution in [-0.4, -0.2) is 31.3 Å². The largest absolute Gasteiger partial charge is 0.497 e. The second-order valence-electron chi connectivity index (χ2n) is 4.77. The molecule has 2 aromatic rings. The number of carbonyl (C=O) groups is 1. The summed E-state index contributed by atoms with van der Waals surface area (Å²) < 4.78 is 5.18. The molecule has 0 saturated heterocycles. The number of methoxy groups -OCH3 is 1. The van der Waals surface area contributed by atoms with Crippen LogP contribution in [0.5, 0.6) is 5.75 Å². The van der Waals surface area contributed by atoms with Crippen molar-refractivity contribution in [2.45, 2.75) is 6.42 Å². The molecule has 2 rings (SSSR count). The van der Waals surface area contributed by atoms with E-state index in [0.29, 0.717) is 18.7 Å². The highest BCUT2D eigenvalue weighted by Gasteiger charge is 2.07. The average Bonchev–Trinajstić information content (AvgIpc) is 3.03. The highest BCUT2D eigenvalue weighted by molar-refractivity contribution is 7.10. The summed E-state index contributed by atoms with van der Waals surface area (Å²) >= 11 is 1.53. The number of thiophene rings is 1. The van der Waals surface area contributed by atoms with Crippen molar-refractivity contribution in [2.24, 2.45) is 0 Å². The first kappa shape index (κ1) is 16.3. The number of nitrogens with one attached hydrogen (secondary N) is 1. The van der Waals surface area contributed by atoms with Crippen LogP contribution in [0.1, 0.15) is 10.4 Å². The number of rotatable bonds is 8. The fourth-order valence-electron chi connectivity index (χ4n) is 2.02. The Morgan fingerprint density at radius 2 is 2.23 bits per heavy atom. The van der Waals surface area contributed by atoms with Gasteiger partial charge >= 0.3 is 5.97 Å². The quantitative estimate of drug-likeness (QED) is 0.580. The maximum Gasteiger partial charge on any atom is 0.332 e. The van der Waals surface area contributed by atoms with Gasteiger partial charge in [-0.15, -0.1) is 11.3 Å². The van der Waals surface area contributed by atoms with Crippen LogP contribution < -0.4 is 10.1 Å². The van der Waals surface area contributed by atoms with E-state index in [0.717, 1.165) is 22.6 Å². The number of aliphatic carboxylic acids is 1. The van der Waals surface area contributed by atoms with Gasteiger partial charge in [0.1, 0.15) is 5.75 Å². The van der Waals surface area contributed by atoms with Gasteiger partial charge in [0, 0.05) is 11.4 Å². The third-order valence-corrected chi connectivity index (χ3v) is 3.99. The van der Waals surface area contributed by atoms with Gasteiger partial charge in [0.25, 0.3) is 0 Å². The molecular weight excluding hydrogens is 298 g/mol. The van der Waals surface area contributed by atoms with Crippen LogP contribution in [0.3, 0.4) is 0 Å². The minimum atomic E-state index is -0.887. The van der Waals surface area contributed by atoms with Gasteiger partial charge in [0.05, 0.1) is 12.7 Å². The third-order valence-electron chi connectivity index (χ3n) is 3.17. The molecule has 4 nitrogen and oxygen atoms in total. The predicted octanol–water partition coefficient (Wildman–Crippen LogP) is 3.06. The van der Waals surface area contributed by atoms with Crippen molar-refractivity contribution in [1.82, 2.24) is 5.32 Å². The van der Waals surface area contributed by atoms with E-state index in [1.54, 1.807) is 13.2 Å². The number of benzene rings is 1. The Morgan fingerprint density at radius 1 is 1.36 bits per heavy atom. The number of hydrogen-bond donors (Lipinski definition) is 2. The molecule has 116 valence electrons. The van der Waals surface area contributed by atoms with E-state index in [4.69, 9.17) is 4.74 Å². The summed E-state index contributed by atoms with van der Waals surface area (Å²) in [5.41, 5.74) is 1.53. The standard InChI is InChI=1S/C17H19NO3S/c1-21-15-5-2-4-13(10-15)7-8-18-12-14(17(19)20)11-16-6-3-9-22-16/h2-6,9-11,18H,7-8,12H2,1H3,(H,19,20)/b14-11+. The molecule has 0 bridgehead atoms. The van der Waals surface area contributed by atoms with Crippen molar-refractivity contribution in [3.63, 3.8) is 0 Å². The summed E-state index contributed by atoms with van der Waals surface area (Å²) in [5.74, 6) is -0.0522. The Kier molecular flexibility index (Phi) is 6.18. The lowest BCUT2D eigenvalue weighted by molar-refractivity contribution is -0.132. The van der Waals surface area contributed by atoms with Crippen LogP contribution in [0.25, 0.3) is 6.08 Å². The minimum Gasteiger partial charge on any atom is -0.497 e. The van der Waals surface area contributed by atoms with E-state index in [1.165, 1.54) is 11.3 Å². The molecule has 0 radical (unpaired) electrons. The minimum absolute atomic E-state index is 0.344. The van der Waals surface area contributed by atoms with Crippen LogP contribution in [0.15, 0.2) is 47.4 Å². The molecule has 0 aliphatic heterocycles. The highest BCUT2D eigenvalue weighted by atomic mass is 32.1. The first-order chi connectivity index (χ1) is 10.7. The van der Waals surface area contributed by atoms with E-state index < -0.39 is 5.97 Å². The van der Waals surface area contributed by atoms with Crippen molar-refractivity contribution in [2.75, 3.05) is 20.2 Å². The third kappa shape index (κ3) is 5.02. The molecule has 0 aliphatic carbocycles. The van der Waals surface area contributed by atoms with Gasteiger partial charge in [0.15, 0.2) is 0 Å². The van der Waals surface area contributed by atoms with E-state index in [9.17, 15) is 9.90 Å². The topological polar surface area (TPSA) is 58.6 Å². The summed E-state index contributed by atoms with van der Waals surface area (Å²) in [5, 5.41) is 14.3. The van der Waals surface area contributed by atoms with E-state index in [-0.39, 0.29) is 0 Å². The van der Waals surface area contributed by atoms with E-state index in [1.807, 2.05) is 41.8 Å². The molecule has 1 aromatic heterocycles. The molecule has 0 aliphatic rings. The molecule has 0 amide bonds. The molecule has 0 fully saturated rings. The summed E-state index contributed by atoms with van der Waals surface area (Å²) in [7, 11) is 1.64. The number of carboxylic acids is 1. The monoisotopic (exact) mass is 317 g/mol. The SMILES string of the molecule is COc1cccc(CCNC/C(=C\c2cccs2)C(=O)O)c1. The van der Waals surface area contributed by atoms with Crippen molar-refractivity contribution in [1.29, 1.82) is 0 Å². The first-order valence-corrected chi connectivity index (χ1v) is 7.88. The Labute approximate surface area is 134 Å². The van der Waals surface area contributed by atoms with Crippen LogP contribution in [-0.2, 0) is 11.2 Å². The van der Waals surface area contributed by atoms with Gasteiger partial charge in [0.2, 0.25) is 0 Å². The highest BCUT2D eigenvalue weighted by Crippen LogP contribution is 2.14. The summed E-state index contributed by atoms with van der Waals surface area (Å²) in [4.78, 5) is 12.2. The van der Waals surface area contributed by atoms with E-state index >= 15 is 0 Å². The second-order valence-corrected chi connectivity index (χ2v) is 5.75. The van der Waals surface area contributed by atoms with Crippen LogP contribution in [0.4, 0.5) is 0 Å². The average molecular weight is 317 g/mol. The smallest absolute Gasteiger partial charge is 0.332 e. The second kappa shape index (κ2) is 8.36.